The zero-order valence-corrected chi connectivity index (χ0v) is 18.7. The summed E-state index contributed by atoms with van der Waals surface area (Å²) in [6.45, 7) is 1.89. The summed E-state index contributed by atoms with van der Waals surface area (Å²) in [5.74, 6) is 0.810. The Labute approximate surface area is 195 Å². The fraction of sp³-hybridized carbons (Fsp3) is 0.286. The molecule has 0 unspecified atom stereocenters. The van der Waals surface area contributed by atoms with E-state index in [1.54, 1.807) is 23.1 Å². The summed E-state index contributed by atoms with van der Waals surface area (Å²) >= 11 is 5.82. The number of hydrogen-bond donors (Lipinski definition) is 1. The number of carbonyl (C=O) groups is 1. The van der Waals surface area contributed by atoms with Gasteiger partial charge in [0.1, 0.15) is 31.2 Å². The highest BCUT2D eigenvalue weighted by atomic mass is 35.5. The molecular weight excluding hydrogens is 462 g/mol. The first kappa shape index (κ1) is 23.8. The Morgan fingerprint density at radius 2 is 2.09 bits per heavy atom. The Balaban J connectivity index is 0.00000289. The van der Waals surface area contributed by atoms with Crippen LogP contribution in [-0.2, 0) is 9.53 Å². The van der Waals surface area contributed by atoms with Gasteiger partial charge in [0.25, 0.3) is 0 Å². The molecule has 0 atom stereocenters. The maximum Gasteiger partial charge on any atom is 0.248 e. The quantitative estimate of drug-likeness (QED) is 0.547. The number of nitrogens with zero attached hydrogens (tertiary/aromatic N) is 3. The van der Waals surface area contributed by atoms with Gasteiger partial charge in [0, 0.05) is 23.0 Å². The lowest BCUT2D eigenvalue weighted by Crippen LogP contribution is -2.43. The van der Waals surface area contributed by atoms with Crippen molar-refractivity contribution in [3.05, 3.63) is 47.5 Å². The van der Waals surface area contributed by atoms with E-state index >= 15 is 0 Å². The predicted octanol–water partition coefficient (Wildman–Crippen LogP) is 3.83. The number of aromatic nitrogens is 2. The summed E-state index contributed by atoms with van der Waals surface area (Å²) in [4.78, 5) is 22.0. The highest BCUT2D eigenvalue weighted by molar-refractivity contribution is 6.30. The van der Waals surface area contributed by atoms with Gasteiger partial charge in [-0.2, -0.15) is 0 Å². The standard InChI is InChI=1S/C21H20ClFN4O4.ClH/c1-29-18-9-14-17(10-19(18)31-7-5-27-4-6-30-11-20(27)28)24-12-25-21(14)26-16-3-2-13(22)8-15(16)23;/h2-3,8-10,12H,4-7,11H2,1H3,(H,24,25,26);1H. The van der Waals surface area contributed by atoms with Gasteiger partial charge in [-0.15, -0.1) is 12.4 Å². The average molecular weight is 483 g/mol. The van der Waals surface area contributed by atoms with E-state index in [1.807, 2.05) is 0 Å². The third kappa shape index (κ3) is 5.29. The molecule has 11 heteroatoms. The fourth-order valence-electron chi connectivity index (χ4n) is 3.21. The van der Waals surface area contributed by atoms with Gasteiger partial charge >= 0.3 is 0 Å². The van der Waals surface area contributed by atoms with Gasteiger partial charge in [0.05, 0.1) is 31.5 Å². The van der Waals surface area contributed by atoms with Crippen molar-refractivity contribution < 1.29 is 23.4 Å². The second kappa shape index (κ2) is 10.6. The molecule has 32 heavy (non-hydrogen) atoms. The maximum atomic E-state index is 14.2. The number of anilines is 2. The van der Waals surface area contributed by atoms with Crippen LogP contribution >= 0.6 is 24.0 Å². The lowest BCUT2D eigenvalue weighted by Gasteiger charge is -2.26. The summed E-state index contributed by atoms with van der Waals surface area (Å²) in [6, 6.07) is 7.79. The number of halogens is 3. The van der Waals surface area contributed by atoms with E-state index in [9.17, 15) is 9.18 Å². The van der Waals surface area contributed by atoms with E-state index in [0.29, 0.717) is 59.5 Å². The first-order valence-electron chi connectivity index (χ1n) is 9.58. The Hall–Kier alpha value is -2.88. The van der Waals surface area contributed by atoms with Crippen LogP contribution in [-0.4, -0.2) is 60.8 Å². The van der Waals surface area contributed by atoms with Gasteiger partial charge in [-0.25, -0.2) is 14.4 Å². The zero-order valence-electron chi connectivity index (χ0n) is 17.1. The number of ether oxygens (including phenoxy) is 3. The van der Waals surface area contributed by atoms with Crippen LogP contribution in [0.15, 0.2) is 36.7 Å². The second-order valence-electron chi connectivity index (χ2n) is 6.77. The molecular formula is C21H21Cl2FN4O4. The number of benzene rings is 2. The molecule has 1 aliphatic heterocycles. The molecule has 1 fully saturated rings. The lowest BCUT2D eigenvalue weighted by atomic mass is 10.2. The molecule has 2 aromatic carbocycles. The van der Waals surface area contributed by atoms with E-state index in [0.717, 1.165) is 0 Å². The van der Waals surface area contributed by atoms with Crippen molar-refractivity contribution >= 4 is 52.3 Å². The molecule has 1 aromatic heterocycles. The first-order valence-corrected chi connectivity index (χ1v) is 9.96. The topological polar surface area (TPSA) is 85.8 Å². The van der Waals surface area contributed by atoms with Crippen LogP contribution in [0.1, 0.15) is 0 Å². The van der Waals surface area contributed by atoms with E-state index < -0.39 is 5.82 Å². The number of amides is 1. The SMILES string of the molecule is COc1cc2c(Nc3ccc(Cl)cc3F)ncnc2cc1OCCN1CCOCC1=O.Cl. The van der Waals surface area contributed by atoms with Crippen LogP contribution in [0.25, 0.3) is 10.9 Å². The molecule has 1 amide bonds. The monoisotopic (exact) mass is 482 g/mol. The normalized spacial score (nSPS) is 13.6. The van der Waals surface area contributed by atoms with Crippen molar-refractivity contribution in [1.82, 2.24) is 14.9 Å². The van der Waals surface area contributed by atoms with Gasteiger partial charge in [-0.1, -0.05) is 11.6 Å². The van der Waals surface area contributed by atoms with Crippen molar-refractivity contribution in [3.63, 3.8) is 0 Å². The summed E-state index contributed by atoms with van der Waals surface area (Å²) in [7, 11) is 1.52. The Morgan fingerprint density at radius 1 is 1.25 bits per heavy atom. The highest BCUT2D eigenvalue weighted by Crippen LogP contribution is 2.35. The third-order valence-electron chi connectivity index (χ3n) is 4.81. The molecule has 0 spiro atoms. The number of hydrogen-bond acceptors (Lipinski definition) is 7. The first-order chi connectivity index (χ1) is 15.0. The van der Waals surface area contributed by atoms with Crippen LogP contribution in [0.2, 0.25) is 5.02 Å². The predicted molar refractivity (Wildman–Crippen MR) is 121 cm³/mol. The van der Waals surface area contributed by atoms with Gasteiger partial charge < -0.3 is 24.4 Å². The van der Waals surface area contributed by atoms with Crippen molar-refractivity contribution in [1.29, 1.82) is 0 Å². The number of rotatable bonds is 7. The Kier molecular flexibility index (Phi) is 7.89. The second-order valence-corrected chi connectivity index (χ2v) is 7.21. The van der Waals surface area contributed by atoms with Gasteiger partial charge in [-0.3, -0.25) is 4.79 Å². The number of carbonyl (C=O) groups excluding carboxylic acids is 1. The molecule has 4 rings (SSSR count). The summed E-state index contributed by atoms with van der Waals surface area (Å²) in [5, 5.41) is 3.90. The summed E-state index contributed by atoms with van der Waals surface area (Å²) < 4.78 is 30.6. The smallest absolute Gasteiger partial charge is 0.248 e. The van der Waals surface area contributed by atoms with Gasteiger partial charge in [-0.05, 0) is 24.3 Å². The fourth-order valence-corrected chi connectivity index (χ4v) is 3.37. The lowest BCUT2D eigenvalue weighted by molar-refractivity contribution is -0.143. The maximum absolute atomic E-state index is 14.2. The molecule has 8 nitrogen and oxygen atoms in total. The van der Waals surface area contributed by atoms with Crippen LogP contribution in [0, 0.1) is 5.82 Å². The Bertz CT molecular complexity index is 1120. The van der Waals surface area contributed by atoms with Crippen LogP contribution in [0.3, 0.4) is 0 Å². The molecule has 170 valence electrons. The van der Waals surface area contributed by atoms with Crippen molar-refractivity contribution in [2.24, 2.45) is 0 Å². The highest BCUT2D eigenvalue weighted by Gasteiger charge is 2.19. The largest absolute Gasteiger partial charge is 0.493 e. The molecule has 0 radical (unpaired) electrons. The molecule has 1 saturated heterocycles. The van der Waals surface area contributed by atoms with Gasteiger partial charge in [0.2, 0.25) is 5.91 Å². The number of nitrogens with one attached hydrogen (secondary N) is 1. The molecule has 0 bridgehead atoms. The minimum absolute atomic E-state index is 0. The van der Waals surface area contributed by atoms with Gasteiger partial charge in [0.15, 0.2) is 11.5 Å². The van der Waals surface area contributed by atoms with E-state index in [2.05, 4.69) is 15.3 Å². The minimum Gasteiger partial charge on any atom is -0.493 e. The van der Waals surface area contributed by atoms with E-state index in [-0.39, 0.29) is 30.6 Å². The van der Waals surface area contributed by atoms with Crippen LogP contribution in [0.5, 0.6) is 11.5 Å². The molecule has 1 N–H and O–H groups in total. The zero-order chi connectivity index (χ0) is 21.8. The number of fused-ring (bicyclic) bond motifs is 1. The van der Waals surface area contributed by atoms with Crippen LogP contribution < -0.4 is 14.8 Å². The molecule has 1 aliphatic rings. The summed E-state index contributed by atoms with van der Waals surface area (Å²) in [6.07, 6.45) is 1.38. The van der Waals surface area contributed by atoms with Crippen molar-refractivity contribution in [3.8, 4) is 11.5 Å². The van der Waals surface area contributed by atoms with Crippen molar-refractivity contribution in [2.75, 3.05) is 45.3 Å². The van der Waals surface area contributed by atoms with E-state index in [1.165, 1.54) is 25.6 Å². The Morgan fingerprint density at radius 3 is 2.84 bits per heavy atom. The average Bonchev–Trinajstić information content (AvgIpc) is 2.76. The number of methoxy groups -OCH3 is 1. The van der Waals surface area contributed by atoms with E-state index in [4.69, 9.17) is 25.8 Å². The number of morpholine rings is 1. The van der Waals surface area contributed by atoms with Crippen LogP contribution in [0.4, 0.5) is 15.9 Å². The minimum atomic E-state index is -0.496. The third-order valence-corrected chi connectivity index (χ3v) is 5.04. The molecule has 2 heterocycles. The molecule has 0 aliphatic carbocycles. The summed E-state index contributed by atoms with van der Waals surface area (Å²) in [5.41, 5.74) is 0.823. The molecule has 0 saturated carbocycles. The molecule has 3 aromatic rings. The van der Waals surface area contributed by atoms with Crippen molar-refractivity contribution in [2.45, 2.75) is 0 Å².